The third-order valence-electron chi connectivity index (χ3n) is 4.41. The Hall–Kier alpha value is -2.43. The van der Waals surface area contributed by atoms with Crippen molar-refractivity contribution in [3.8, 4) is 6.07 Å². The number of ether oxygens (including phenoxy) is 1. The van der Waals surface area contributed by atoms with E-state index < -0.39 is 11.9 Å². The molecule has 7 heteroatoms. The molecule has 0 aliphatic heterocycles. The highest BCUT2D eigenvalue weighted by Crippen LogP contribution is 2.40. The Kier molecular flexibility index (Phi) is 6.09. The molecule has 5 nitrogen and oxygen atoms in total. The lowest BCUT2D eigenvalue weighted by Crippen LogP contribution is -2.17. The van der Waals surface area contributed by atoms with Gasteiger partial charge in [0.25, 0.3) is 5.91 Å². The highest BCUT2D eigenvalue weighted by molar-refractivity contribution is 7.17. The predicted molar refractivity (Wildman–Crippen MR) is 108 cm³/mol. The molecule has 0 unspecified atom stereocenters. The minimum Gasteiger partial charge on any atom is -0.462 e. The van der Waals surface area contributed by atoms with Crippen LogP contribution in [0.5, 0.6) is 0 Å². The zero-order chi connectivity index (χ0) is 19.4. The number of nitrogens with one attached hydrogen (secondary N) is 1. The molecule has 1 amide bonds. The molecule has 1 atom stereocenters. The maximum absolute atomic E-state index is 12.6. The van der Waals surface area contributed by atoms with Crippen LogP contribution in [0, 0.1) is 17.2 Å². The molecule has 0 fully saturated rings. The molecule has 0 saturated heterocycles. The lowest BCUT2D eigenvalue weighted by atomic mass is 9.88. The fraction of sp³-hybridized carbons (Fsp3) is 0.350. The van der Waals surface area contributed by atoms with Crippen LogP contribution in [0.1, 0.15) is 45.9 Å². The Morgan fingerprint density at radius 2 is 2.30 bits per heavy atom. The van der Waals surface area contributed by atoms with Crippen LogP contribution >= 0.6 is 22.7 Å². The molecule has 2 aromatic heterocycles. The molecule has 0 spiro atoms. The number of fused-ring (bicyclic) bond motifs is 1. The van der Waals surface area contributed by atoms with Gasteiger partial charge in [-0.05, 0) is 55.2 Å². The molecule has 0 bridgehead atoms. The van der Waals surface area contributed by atoms with Gasteiger partial charge in [0, 0.05) is 9.75 Å². The lowest BCUT2D eigenvalue weighted by Gasteiger charge is -2.18. The monoisotopic (exact) mass is 400 g/mol. The lowest BCUT2D eigenvalue weighted by molar-refractivity contribution is -0.112. The molecule has 1 aliphatic carbocycles. The predicted octanol–water partition coefficient (Wildman–Crippen LogP) is 4.66. The van der Waals surface area contributed by atoms with E-state index in [1.54, 1.807) is 13.0 Å². The van der Waals surface area contributed by atoms with E-state index in [1.165, 1.54) is 22.7 Å². The molecule has 3 rings (SSSR count). The third kappa shape index (κ3) is 4.29. The van der Waals surface area contributed by atoms with Crippen LogP contribution in [0.4, 0.5) is 5.00 Å². The molecule has 2 heterocycles. The summed E-state index contributed by atoms with van der Waals surface area (Å²) in [4.78, 5) is 27.1. The first kappa shape index (κ1) is 19.3. The van der Waals surface area contributed by atoms with Crippen LogP contribution in [0.2, 0.25) is 0 Å². The van der Waals surface area contributed by atoms with E-state index in [1.807, 2.05) is 23.6 Å². The van der Waals surface area contributed by atoms with E-state index in [2.05, 4.69) is 12.2 Å². The number of nitriles is 1. The maximum Gasteiger partial charge on any atom is 0.341 e. The highest BCUT2D eigenvalue weighted by atomic mass is 32.1. The third-order valence-corrected chi connectivity index (χ3v) is 6.40. The van der Waals surface area contributed by atoms with Crippen molar-refractivity contribution in [3.63, 3.8) is 0 Å². The van der Waals surface area contributed by atoms with Crippen LogP contribution in [0.3, 0.4) is 0 Å². The summed E-state index contributed by atoms with van der Waals surface area (Å²) in [5.41, 5.74) is 1.44. The summed E-state index contributed by atoms with van der Waals surface area (Å²) < 4.78 is 5.21. The molecule has 140 valence electrons. The van der Waals surface area contributed by atoms with Crippen LogP contribution in [0.25, 0.3) is 6.08 Å². The molecule has 1 aliphatic rings. The zero-order valence-corrected chi connectivity index (χ0v) is 16.8. The summed E-state index contributed by atoms with van der Waals surface area (Å²) in [6, 6.07) is 5.64. The maximum atomic E-state index is 12.6. The summed E-state index contributed by atoms with van der Waals surface area (Å²) in [5.74, 6) is -0.383. The van der Waals surface area contributed by atoms with Crippen LogP contribution in [-0.4, -0.2) is 18.5 Å². The van der Waals surface area contributed by atoms with Gasteiger partial charge in [0.2, 0.25) is 0 Å². The van der Waals surface area contributed by atoms with Gasteiger partial charge in [-0.15, -0.1) is 22.7 Å². The largest absolute Gasteiger partial charge is 0.462 e. The molecule has 0 aromatic carbocycles. The van der Waals surface area contributed by atoms with E-state index in [4.69, 9.17) is 4.74 Å². The number of esters is 1. The van der Waals surface area contributed by atoms with Crippen LogP contribution < -0.4 is 5.32 Å². The van der Waals surface area contributed by atoms with Crippen molar-refractivity contribution in [1.29, 1.82) is 5.26 Å². The number of carbonyl (C=O) groups is 2. The Morgan fingerprint density at radius 1 is 1.48 bits per heavy atom. The van der Waals surface area contributed by atoms with Crippen molar-refractivity contribution in [2.75, 3.05) is 11.9 Å². The minimum atomic E-state index is -0.511. The molecular formula is C20H20N2O3S2. The second-order valence-corrected chi connectivity index (χ2v) is 8.50. The number of carbonyl (C=O) groups excluding carboxylic acids is 2. The summed E-state index contributed by atoms with van der Waals surface area (Å²) in [5, 5.41) is 14.5. The number of thiophene rings is 2. The van der Waals surface area contributed by atoms with Gasteiger partial charge in [-0.1, -0.05) is 13.0 Å². The van der Waals surface area contributed by atoms with E-state index in [9.17, 15) is 14.9 Å². The average molecular weight is 401 g/mol. The first-order chi connectivity index (χ1) is 13.0. The van der Waals surface area contributed by atoms with Crippen molar-refractivity contribution >= 4 is 45.6 Å². The number of hydrogen-bond acceptors (Lipinski definition) is 6. The van der Waals surface area contributed by atoms with E-state index in [0.717, 1.165) is 34.6 Å². The SMILES string of the molecule is CCOC(=O)c1c(NC(=O)/C(C#N)=C/c2cccs2)sc2c1CC[C@@H](C)C2. The quantitative estimate of drug-likeness (QED) is 0.450. The van der Waals surface area contributed by atoms with E-state index in [-0.39, 0.29) is 12.2 Å². The summed E-state index contributed by atoms with van der Waals surface area (Å²) >= 11 is 2.87. The second-order valence-electron chi connectivity index (χ2n) is 6.42. The second kappa shape index (κ2) is 8.51. The van der Waals surface area contributed by atoms with Gasteiger partial charge in [0.15, 0.2) is 0 Å². The molecule has 2 aromatic rings. The van der Waals surface area contributed by atoms with Gasteiger partial charge in [0.05, 0.1) is 12.2 Å². The number of amides is 1. The Balaban J connectivity index is 1.92. The van der Waals surface area contributed by atoms with Gasteiger partial charge in [0.1, 0.15) is 16.6 Å². The van der Waals surface area contributed by atoms with Gasteiger partial charge >= 0.3 is 5.97 Å². The number of hydrogen-bond donors (Lipinski definition) is 1. The molecular weight excluding hydrogens is 380 g/mol. The van der Waals surface area contributed by atoms with Crippen molar-refractivity contribution < 1.29 is 14.3 Å². The molecule has 0 saturated carbocycles. The van der Waals surface area contributed by atoms with Crippen LogP contribution in [-0.2, 0) is 22.4 Å². The molecule has 27 heavy (non-hydrogen) atoms. The van der Waals surface area contributed by atoms with Crippen molar-refractivity contribution in [3.05, 3.63) is 44.0 Å². The fourth-order valence-corrected chi connectivity index (χ4v) is 5.14. The fourth-order valence-electron chi connectivity index (χ4n) is 3.09. The van der Waals surface area contributed by atoms with E-state index >= 15 is 0 Å². The number of nitrogens with zero attached hydrogens (tertiary/aromatic N) is 1. The Morgan fingerprint density at radius 3 is 2.96 bits per heavy atom. The van der Waals surface area contributed by atoms with Crippen LogP contribution in [0.15, 0.2) is 23.1 Å². The van der Waals surface area contributed by atoms with E-state index in [0.29, 0.717) is 16.5 Å². The topological polar surface area (TPSA) is 79.2 Å². The first-order valence-electron chi connectivity index (χ1n) is 8.81. The molecule has 1 N–H and O–H groups in total. The summed E-state index contributed by atoms with van der Waals surface area (Å²) in [6.45, 7) is 4.21. The first-order valence-corrected chi connectivity index (χ1v) is 10.5. The summed E-state index contributed by atoms with van der Waals surface area (Å²) in [7, 11) is 0. The highest BCUT2D eigenvalue weighted by Gasteiger charge is 2.29. The van der Waals surface area contributed by atoms with Crippen molar-refractivity contribution in [1.82, 2.24) is 0 Å². The van der Waals surface area contributed by atoms with Gasteiger partial charge in [-0.25, -0.2) is 4.79 Å². The van der Waals surface area contributed by atoms with Crippen molar-refractivity contribution in [2.24, 2.45) is 5.92 Å². The minimum absolute atomic E-state index is 0.00648. The summed E-state index contributed by atoms with van der Waals surface area (Å²) in [6.07, 6.45) is 4.25. The van der Waals surface area contributed by atoms with Crippen molar-refractivity contribution in [2.45, 2.75) is 33.1 Å². The average Bonchev–Trinajstić information content (AvgIpc) is 3.26. The Bertz CT molecular complexity index is 920. The zero-order valence-electron chi connectivity index (χ0n) is 15.2. The van der Waals surface area contributed by atoms with Gasteiger partial charge < -0.3 is 10.1 Å². The smallest absolute Gasteiger partial charge is 0.341 e. The number of anilines is 1. The number of rotatable bonds is 5. The normalized spacial score (nSPS) is 16.3. The standard InChI is InChI=1S/C20H20N2O3S2/c1-3-25-20(24)17-15-7-6-12(2)9-16(15)27-19(17)22-18(23)13(11-21)10-14-5-4-8-26-14/h4-5,8,10,12H,3,6-7,9H2,1-2H3,(H,22,23)/b13-10+/t12-/m1/s1. The van der Waals surface area contributed by atoms with Gasteiger partial charge in [-0.3, -0.25) is 4.79 Å². The Labute approximate surface area is 166 Å². The van der Waals surface area contributed by atoms with Gasteiger partial charge in [-0.2, -0.15) is 5.26 Å². The molecule has 0 radical (unpaired) electrons.